The molecule has 2 aromatic heterocycles. The van der Waals surface area contributed by atoms with E-state index < -0.39 is 0 Å². The topological polar surface area (TPSA) is 58.7 Å². The van der Waals surface area contributed by atoms with E-state index in [4.69, 9.17) is 0 Å². The number of hydrogen-bond acceptors (Lipinski definition) is 4. The van der Waals surface area contributed by atoms with E-state index in [-0.39, 0.29) is 5.56 Å². The number of thiophene rings is 1. The summed E-state index contributed by atoms with van der Waals surface area (Å²) in [6.07, 6.45) is 1.57. The fourth-order valence-electron chi connectivity index (χ4n) is 3.17. The Morgan fingerprint density at radius 2 is 1.93 bits per heavy atom. The zero-order valence-electron chi connectivity index (χ0n) is 14.4. The van der Waals surface area contributed by atoms with Crippen molar-refractivity contribution < 1.29 is 0 Å². The third-order valence-electron chi connectivity index (χ3n) is 4.47. The molecule has 0 unspecified atom stereocenters. The van der Waals surface area contributed by atoms with Gasteiger partial charge in [0.05, 0.1) is 29.9 Å². The number of fused-ring (bicyclic) bond motifs is 1. The van der Waals surface area contributed by atoms with Gasteiger partial charge in [-0.15, -0.1) is 11.3 Å². The molecule has 27 heavy (non-hydrogen) atoms. The molecule has 0 radical (unpaired) electrons. The molecule has 4 nitrogen and oxygen atoms in total. The zero-order valence-corrected chi connectivity index (χ0v) is 16.8. The Labute approximate surface area is 168 Å². The van der Waals surface area contributed by atoms with E-state index in [1.165, 1.54) is 11.3 Å². The molecule has 0 saturated heterocycles. The number of benzene rings is 2. The van der Waals surface area contributed by atoms with Gasteiger partial charge in [0.25, 0.3) is 5.56 Å². The Kier molecular flexibility index (Phi) is 4.65. The van der Waals surface area contributed by atoms with Crippen molar-refractivity contribution in [3.05, 3.63) is 85.7 Å². The Bertz CT molecular complexity index is 1250. The first-order chi connectivity index (χ1) is 13.1. The highest BCUT2D eigenvalue weighted by Gasteiger charge is 2.17. The highest BCUT2D eigenvalue weighted by Crippen LogP contribution is 2.35. The summed E-state index contributed by atoms with van der Waals surface area (Å²) in [5, 5.41) is 9.94. The molecule has 6 heteroatoms. The monoisotopic (exact) mass is 435 g/mol. The second kappa shape index (κ2) is 7.10. The summed E-state index contributed by atoms with van der Waals surface area (Å²) >= 11 is 4.98. The fraction of sp³-hybridized carbons (Fsp3) is 0.0952. The minimum atomic E-state index is -0.0880. The third kappa shape index (κ3) is 3.20. The number of nitrogens with zero attached hydrogens (tertiary/aromatic N) is 3. The van der Waals surface area contributed by atoms with Crippen molar-refractivity contribution in [1.29, 1.82) is 5.26 Å². The van der Waals surface area contributed by atoms with E-state index in [9.17, 15) is 10.1 Å². The number of halogens is 1. The van der Waals surface area contributed by atoms with Crippen LogP contribution >= 0.6 is 27.3 Å². The molecule has 132 valence electrons. The van der Waals surface area contributed by atoms with Crippen molar-refractivity contribution in [3.63, 3.8) is 0 Å². The number of aryl methyl sites for hydroxylation is 1. The van der Waals surface area contributed by atoms with Gasteiger partial charge in [0, 0.05) is 14.9 Å². The Balaban J connectivity index is 1.89. The van der Waals surface area contributed by atoms with Crippen LogP contribution < -0.4 is 5.56 Å². The first-order valence-electron chi connectivity index (χ1n) is 8.31. The maximum absolute atomic E-state index is 13.2. The molecule has 4 aromatic rings. The van der Waals surface area contributed by atoms with Crippen LogP contribution in [0.15, 0.2) is 64.1 Å². The van der Waals surface area contributed by atoms with E-state index in [1.807, 2.05) is 49.4 Å². The van der Waals surface area contributed by atoms with Crippen LogP contribution in [-0.2, 0) is 6.54 Å². The molecule has 0 aliphatic rings. The first-order valence-corrected chi connectivity index (χ1v) is 9.92. The normalized spacial score (nSPS) is 10.9. The summed E-state index contributed by atoms with van der Waals surface area (Å²) in [5.41, 5.74) is 3.22. The second-order valence-corrected chi connectivity index (χ2v) is 8.29. The van der Waals surface area contributed by atoms with E-state index in [1.54, 1.807) is 17.0 Å². The van der Waals surface area contributed by atoms with Crippen molar-refractivity contribution in [2.75, 3.05) is 0 Å². The maximum Gasteiger partial charge on any atom is 0.263 e. The maximum atomic E-state index is 13.2. The second-order valence-electron chi connectivity index (χ2n) is 6.17. The van der Waals surface area contributed by atoms with Crippen molar-refractivity contribution in [2.45, 2.75) is 13.5 Å². The molecule has 0 N–H and O–H groups in total. The van der Waals surface area contributed by atoms with Gasteiger partial charge in [-0.3, -0.25) is 9.36 Å². The van der Waals surface area contributed by atoms with Crippen LogP contribution in [0.25, 0.3) is 21.3 Å². The summed E-state index contributed by atoms with van der Waals surface area (Å²) < 4.78 is 2.57. The smallest absolute Gasteiger partial charge is 0.263 e. The SMILES string of the molecule is Cc1sc2ncn(Cc3ccccc3C#N)c(=O)c2c1-c1ccc(Br)cc1. The molecule has 0 saturated carbocycles. The van der Waals surface area contributed by atoms with E-state index in [0.717, 1.165) is 30.9 Å². The minimum Gasteiger partial charge on any atom is -0.294 e. The molecule has 0 bridgehead atoms. The summed E-state index contributed by atoms with van der Waals surface area (Å²) in [4.78, 5) is 19.6. The molecule has 0 aliphatic heterocycles. The Morgan fingerprint density at radius 1 is 1.19 bits per heavy atom. The summed E-state index contributed by atoms with van der Waals surface area (Å²) in [7, 11) is 0. The minimum absolute atomic E-state index is 0.0880. The van der Waals surface area contributed by atoms with Crippen LogP contribution in [0.2, 0.25) is 0 Å². The summed E-state index contributed by atoms with van der Waals surface area (Å²) in [5.74, 6) is 0. The summed E-state index contributed by atoms with van der Waals surface area (Å²) in [6, 6.07) is 17.4. The largest absolute Gasteiger partial charge is 0.294 e. The van der Waals surface area contributed by atoms with Crippen molar-refractivity contribution >= 4 is 37.5 Å². The molecule has 0 fully saturated rings. The molecule has 0 atom stereocenters. The predicted molar refractivity (Wildman–Crippen MR) is 112 cm³/mol. The lowest BCUT2D eigenvalue weighted by molar-refractivity contribution is 0.748. The number of hydrogen-bond donors (Lipinski definition) is 0. The van der Waals surface area contributed by atoms with Gasteiger partial charge < -0.3 is 0 Å². The van der Waals surface area contributed by atoms with Crippen LogP contribution in [0.3, 0.4) is 0 Å². The highest BCUT2D eigenvalue weighted by molar-refractivity contribution is 9.10. The van der Waals surface area contributed by atoms with E-state index >= 15 is 0 Å². The Hall–Kier alpha value is -2.75. The van der Waals surface area contributed by atoms with Gasteiger partial charge in [0.2, 0.25) is 0 Å². The number of rotatable bonds is 3. The molecule has 2 aromatic carbocycles. The molecular weight excluding hydrogens is 422 g/mol. The molecule has 2 heterocycles. The van der Waals surface area contributed by atoms with Crippen molar-refractivity contribution in [3.8, 4) is 17.2 Å². The molecule has 0 amide bonds. The van der Waals surface area contributed by atoms with Gasteiger partial charge >= 0.3 is 0 Å². The van der Waals surface area contributed by atoms with Gasteiger partial charge in [-0.05, 0) is 36.2 Å². The van der Waals surface area contributed by atoms with Gasteiger partial charge in [0.1, 0.15) is 4.83 Å². The first kappa shape index (κ1) is 17.7. The molecular formula is C21H14BrN3OS. The fourth-order valence-corrected chi connectivity index (χ4v) is 4.43. The average Bonchev–Trinajstić information content (AvgIpc) is 3.02. The zero-order chi connectivity index (χ0) is 19.0. The molecule has 4 rings (SSSR count). The van der Waals surface area contributed by atoms with Gasteiger partial charge in [-0.1, -0.05) is 46.3 Å². The van der Waals surface area contributed by atoms with Crippen molar-refractivity contribution in [1.82, 2.24) is 9.55 Å². The molecule has 0 spiro atoms. The van der Waals surface area contributed by atoms with Crippen LogP contribution in [-0.4, -0.2) is 9.55 Å². The van der Waals surface area contributed by atoms with Gasteiger partial charge in [-0.25, -0.2) is 4.98 Å². The van der Waals surface area contributed by atoms with E-state index in [2.05, 4.69) is 27.0 Å². The van der Waals surface area contributed by atoms with Crippen LogP contribution in [0.4, 0.5) is 0 Å². The van der Waals surface area contributed by atoms with Crippen LogP contribution in [0.1, 0.15) is 16.0 Å². The lowest BCUT2D eigenvalue weighted by Crippen LogP contribution is -2.21. The predicted octanol–water partition coefficient (Wildman–Crippen LogP) is 5.12. The van der Waals surface area contributed by atoms with Crippen LogP contribution in [0, 0.1) is 18.3 Å². The number of nitriles is 1. The standard InChI is InChI=1S/C21H14BrN3OS/c1-13-18(14-6-8-17(22)9-7-14)19-20(27-13)24-12-25(21(19)26)11-16-5-3-2-4-15(16)10-23/h2-9,12H,11H2,1H3. The van der Waals surface area contributed by atoms with Crippen LogP contribution in [0.5, 0.6) is 0 Å². The Morgan fingerprint density at radius 3 is 2.67 bits per heavy atom. The lowest BCUT2D eigenvalue weighted by Gasteiger charge is -2.08. The molecule has 0 aliphatic carbocycles. The highest BCUT2D eigenvalue weighted by atomic mass is 79.9. The average molecular weight is 436 g/mol. The third-order valence-corrected chi connectivity index (χ3v) is 6.01. The lowest BCUT2D eigenvalue weighted by atomic mass is 10.0. The van der Waals surface area contributed by atoms with E-state index in [0.29, 0.717) is 17.5 Å². The van der Waals surface area contributed by atoms with Crippen molar-refractivity contribution in [2.24, 2.45) is 0 Å². The summed E-state index contributed by atoms with van der Waals surface area (Å²) in [6.45, 7) is 2.33. The van der Waals surface area contributed by atoms with Gasteiger partial charge in [0.15, 0.2) is 0 Å². The quantitative estimate of drug-likeness (QED) is 0.448. The number of aromatic nitrogens is 2. The van der Waals surface area contributed by atoms with Gasteiger partial charge in [-0.2, -0.15) is 5.26 Å².